The topological polar surface area (TPSA) is 55.8 Å². The quantitative estimate of drug-likeness (QED) is 0.775. The number of carbonyl (C=O) groups is 1. The van der Waals surface area contributed by atoms with Crippen LogP contribution in [-0.2, 0) is 4.79 Å². The van der Waals surface area contributed by atoms with Gasteiger partial charge in [0.1, 0.15) is 0 Å². The van der Waals surface area contributed by atoms with Gasteiger partial charge in [0.05, 0.1) is 12.1 Å². The summed E-state index contributed by atoms with van der Waals surface area (Å²) in [6.45, 7) is 9.63. The molecule has 5 nitrogen and oxygen atoms in total. The Hall–Kier alpha value is -0.650. The van der Waals surface area contributed by atoms with Gasteiger partial charge in [0, 0.05) is 18.6 Å². The average molecular weight is 340 g/mol. The number of β-amino-alcohol motifs (C(OH)–C–C–N with tert-alkyl or cyclic N) is 1. The number of carbonyl (C=O) groups excluding carboxylic acids is 1. The molecule has 1 heterocycles. The number of likely N-dealkylation sites (N-methyl/N-ethyl adjacent to an activating group) is 1. The van der Waals surface area contributed by atoms with Gasteiger partial charge in [-0.2, -0.15) is 0 Å². The first-order chi connectivity index (χ1) is 11.3. The number of rotatable bonds is 6. The zero-order valence-corrected chi connectivity index (χ0v) is 16.1. The molecule has 0 aromatic rings. The predicted octanol–water partition coefficient (Wildman–Crippen LogP) is 1.85. The SMILES string of the molecule is CC1CCC(O)(CN2CCC(N(C)CC(=O)NC(C)C)CC2)CC1. The Labute approximate surface area is 147 Å². The predicted molar refractivity (Wildman–Crippen MR) is 98.0 cm³/mol. The number of likely N-dealkylation sites (tertiary alicyclic amines) is 1. The molecule has 1 aliphatic heterocycles. The number of aliphatic hydroxyl groups is 1. The molecule has 1 amide bonds. The smallest absolute Gasteiger partial charge is 0.234 e. The number of hydrogen-bond acceptors (Lipinski definition) is 4. The van der Waals surface area contributed by atoms with Crippen molar-refractivity contribution in [2.24, 2.45) is 5.92 Å². The summed E-state index contributed by atoms with van der Waals surface area (Å²) in [5.74, 6) is 0.877. The van der Waals surface area contributed by atoms with Crippen LogP contribution in [0.5, 0.6) is 0 Å². The highest BCUT2D eigenvalue weighted by molar-refractivity contribution is 5.78. The maximum atomic E-state index is 11.9. The first-order valence-corrected chi connectivity index (χ1v) is 9.72. The molecular weight excluding hydrogens is 302 g/mol. The number of nitrogens with zero attached hydrogens (tertiary/aromatic N) is 2. The molecule has 1 saturated carbocycles. The Morgan fingerprint density at radius 3 is 2.38 bits per heavy atom. The summed E-state index contributed by atoms with van der Waals surface area (Å²) < 4.78 is 0. The lowest BCUT2D eigenvalue weighted by molar-refractivity contribution is -0.123. The maximum Gasteiger partial charge on any atom is 0.234 e. The highest BCUT2D eigenvalue weighted by atomic mass is 16.3. The van der Waals surface area contributed by atoms with E-state index in [0.29, 0.717) is 12.6 Å². The Morgan fingerprint density at radius 2 is 1.83 bits per heavy atom. The van der Waals surface area contributed by atoms with Gasteiger partial charge in [-0.15, -0.1) is 0 Å². The van der Waals surface area contributed by atoms with Crippen molar-refractivity contribution in [2.45, 2.75) is 77.0 Å². The first kappa shape index (κ1) is 19.7. The van der Waals surface area contributed by atoms with Crippen molar-refractivity contribution in [1.82, 2.24) is 15.1 Å². The van der Waals surface area contributed by atoms with E-state index in [2.05, 4.69) is 29.1 Å². The molecule has 2 fully saturated rings. The van der Waals surface area contributed by atoms with E-state index in [4.69, 9.17) is 0 Å². The van der Waals surface area contributed by atoms with E-state index in [0.717, 1.165) is 64.1 Å². The van der Waals surface area contributed by atoms with Gasteiger partial charge in [-0.05, 0) is 78.4 Å². The summed E-state index contributed by atoms with van der Waals surface area (Å²) in [5, 5.41) is 13.8. The molecule has 0 bridgehead atoms. The highest BCUT2D eigenvalue weighted by Gasteiger charge is 2.35. The fraction of sp³-hybridized carbons (Fsp3) is 0.947. The van der Waals surface area contributed by atoms with Crippen molar-refractivity contribution < 1.29 is 9.90 Å². The van der Waals surface area contributed by atoms with E-state index < -0.39 is 5.60 Å². The number of piperidine rings is 1. The molecule has 0 aromatic heterocycles. The van der Waals surface area contributed by atoms with Crippen LogP contribution in [0.4, 0.5) is 0 Å². The molecule has 2 aliphatic rings. The molecule has 5 heteroatoms. The summed E-state index contributed by atoms with van der Waals surface area (Å²) in [4.78, 5) is 16.5. The molecule has 1 aliphatic carbocycles. The molecule has 0 spiro atoms. The van der Waals surface area contributed by atoms with Gasteiger partial charge in [0.2, 0.25) is 5.91 Å². The zero-order chi connectivity index (χ0) is 17.7. The molecule has 2 rings (SSSR count). The number of hydrogen-bond donors (Lipinski definition) is 2. The second-order valence-electron chi connectivity index (χ2n) is 8.55. The fourth-order valence-corrected chi connectivity index (χ4v) is 4.12. The lowest BCUT2D eigenvalue weighted by Crippen LogP contribution is -2.51. The van der Waals surface area contributed by atoms with Crippen LogP contribution >= 0.6 is 0 Å². The molecule has 24 heavy (non-hydrogen) atoms. The third-order valence-corrected chi connectivity index (χ3v) is 5.75. The molecule has 0 aromatic carbocycles. The van der Waals surface area contributed by atoms with E-state index >= 15 is 0 Å². The molecule has 140 valence electrons. The second kappa shape index (κ2) is 8.63. The third-order valence-electron chi connectivity index (χ3n) is 5.75. The summed E-state index contributed by atoms with van der Waals surface area (Å²) >= 11 is 0. The van der Waals surface area contributed by atoms with E-state index in [1.165, 1.54) is 0 Å². The average Bonchev–Trinajstić information content (AvgIpc) is 2.50. The van der Waals surface area contributed by atoms with Crippen molar-refractivity contribution in [2.75, 3.05) is 33.2 Å². The van der Waals surface area contributed by atoms with Gasteiger partial charge in [-0.3, -0.25) is 9.69 Å². The van der Waals surface area contributed by atoms with Crippen LogP contribution in [0.2, 0.25) is 0 Å². The van der Waals surface area contributed by atoms with Gasteiger partial charge in [0.25, 0.3) is 0 Å². The van der Waals surface area contributed by atoms with E-state index in [-0.39, 0.29) is 11.9 Å². The molecule has 2 N–H and O–H groups in total. The zero-order valence-electron chi connectivity index (χ0n) is 16.1. The maximum absolute atomic E-state index is 11.9. The molecule has 0 unspecified atom stereocenters. The molecule has 0 radical (unpaired) electrons. The largest absolute Gasteiger partial charge is 0.389 e. The van der Waals surface area contributed by atoms with Crippen LogP contribution in [0.1, 0.15) is 59.3 Å². The third kappa shape index (κ3) is 6.01. The summed E-state index contributed by atoms with van der Waals surface area (Å²) in [7, 11) is 2.05. The van der Waals surface area contributed by atoms with Gasteiger partial charge in [-0.1, -0.05) is 6.92 Å². The minimum Gasteiger partial charge on any atom is -0.389 e. The van der Waals surface area contributed by atoms with Gasteiger partial charge in [-0.25, -0.2) is 0 Å². The summed E-state index contributed by atoms with van der Waals surface area (Å²) in [6.07, 6.45) is 6.37. The Balaban J connectivity index is 1.72. The molecule has 1 saturated heterocycles. The van der Waals surface area contributed by atoms with Gasteiger partial charge < -0.3 is 15.3 Å². The Bertz CT molecular complexity index is 397. The van der Waals surface area contributed by atoms with Crippen molar-refractivity contribution in [3.63, 3.8) is 0 Å². The number of nitrogens with one attached hydrogen (secondary N) is 1. The standard InChI is InChI=1S/C19H37N3O2/c1-15(2)20-18(23)13-21(4)17-7-11-22(12-8-17)14-19(24)9-5-16(3)6-10-19/h15-17,24H,5-14H2,1-4H3,(H,20,23). The number of amides is 1. The van der Waals surface area contributed by atoms with E-state index in [9.17, 15) is 9.90 Å². The Morgan fingerprint density at radius 1 is 1.25 bits per heavy atom. The van der Waals surface area contributed by atoms with E-state index in [1.807, 2.05) is 13.8 Å². The summed E-state index contributed by atoms with van der Waals surface area (Å²) in [5.41, 5.74) is -0.470. The van der Waals surface area contributed by atoms with Crippen LogP contribution in [-0.4, -0.2) is 71.7 Å². The monoisotopic (exact) mass is 339 g/mol. The second-order valence-corrected chi connectivity index (χ2v) is 8.55. The van der Waals surface area contributed by atoms with Crippen LogP contribution in [0, 0.1) is 5.92 Å². The lowest BCUT2D eigenvalue weighted by Gasteiger charge is -2.42. The van der Waals surface area contributed by atoms with Crippen molar-refractivity contribution >= 4 is 5.91 Å². The van der Waals surface area contributed by atoms with Crippen LogP contribution in [0.25, 0.3) is 0 Å². The lowest BCUT2D eigenvalue weighted by atomic mass is 9.79. The van der Waals surface area contributed by atoms with Crippen molar-refractivity contribution in [3.8, 4) is 0 Å². The van der Waals surface area contributed by atoms with Crippen LogP contribution in [0.3, 0.4) is 0 Å². The normalized spacial score (nSPS) is 30.0. The minimum absolute atomic E-state index is 0.112. The van der Waals surface area contributed by atoms with Crippen LogP contribution in [0.15, 0.2) is 0 Å². The van der Waals surface area contributed by atoms with E-state index in [1.54, 1.807) is 0 Å². The summed E-state index contributed by atoms with van der Waals surface area (Å²) in [6, 6.07) is 0.673. The minimum atomic E-state index is -0.470. The Kier molecular flexibility index (Phi) is 7.08. The molecule has 0 atom stereocenters. The van der Waals surface area contributed by atoms with Crippen molar-refractivity contribution in [3.05, 3.63) is 0 Å². The van der Waals surface area contributed by atoms with Gasteiger partial charge >= 0.3 is 0 Å². The van der Waals surface area contributed by atoms with Crippen molar-refractivity contribution in [1.29, 1.82) is 0 Å². The highest BCUT2D eigenvalue weighted by Crippen LogP contribution is 2.33. The molecular formula is C19H37N3O2. The van der Waals surface area contributed by atoms with Gasteiger partial charge in [0.15, 0.2) is 0 Å². The van der Waals surface area contributed by atoms with Crippen LogP contribution < -0.4 is 5.32 Å². The first-order valence-electron chi connectivity index (χ1n) is 9.72. The fourth-order valence-electron chi connectivity index (χ4n) is 4.12.